The normalized spacial score (nSPS) is 15.1. The molecule has 0 N–H and O–H groups in total. The molecule has 4 rings (SSSR count). The maximum absolute atomic E-state index is 12.3. The summed E-state index contributed by atoms with van der Waals surface area (Å²) < 4.78 is 5.50. The first-order chi connectivity index (χ1) is 13.4. The highest BCUT2D eigenvalue weighted by Crippen LogP contribution is 2.30. The molecule has 1 amide bonds. The van der Waals surface area contributed by atoms with E-state index in [1.165, 1.54) is 0 Å². The molecule has 0 atom stereocenters. The lowest BCUT2D eigenvalue weighted by atomic mass is 10.2. The molecule has 28 heavy (non-hydrogen) atoms. The molecule has 1 fully saturated rings. The van der Waals surface area contributed by atoms with Gasteiger partial charge in [0.25, 0.3) is 0 Å². The Labute approximate surface area is 168 Å². The van der Waals surface area contributed by atoms with Crippen LogP contribution in [0.5, 0.6) is 0 Å². The maximum atomic E-state index is 12.3. The van der Waals surface area contributed by atoms with Gasteiger partial charge in [-0.25, -0.2) is 14.8 Å². The van der Waals surface area contributed by atoms with Crippen molar-refractivity contribution < 1.29 is 9.53 Å². The summed E-state index contributed by atoms with van der Waals surface area (Å²) in [6.45, 7) is 8.32. The van der Waals surface area contributed by atoms with Gasteiger partial charge in [-0.05, 0) is 44.4 Å². The molecule has 3 heterocycles. The van der Waals surface area contributed by atoms with Crippen molar-refractivity contribution in [3.63, 3.8) is 0 Å². The minimum atomic E-state index is -0.479. The Hall–Kier alpha value is -2.67. The number of anilines is 1. The second-order valence-corrected chi connectivity index (χ2v) is 8.77. The van der Waals surface area contributed by atoms with Crippen molar-refractivity contribution in [2.45, 2.75) is 26.4 Å². The van der Waals surface area contributed by atoms with Gasteiger partial charge < -0.3 is 14.5 Å². The highest BCUT2D eigenvalue weighted by molar-refractivity contribution is 7.13. The van der Waals surface area contributed by atoms with Crippen molar-refractivity contribution in [1.82, 2.24) is 14.9 Å². The minimum Gasteiger partial charge on any atom is -0.444 e. The molecule has 0 saturated carbocycles. The monoisotopic (exact) mass is 396 g/mol. The van der Waals surface area contributed by atoms with Crippen LogP contribution < -0.4 is 4.90 Å². The molecular weight excluding hydrogens is 372 g/mol. The quantitative estimate of drug-likeness (QED) is 0.642. The van der Waals surface area contributed by atoms with Crippen LogP contribution in [0.2, 0.25) is 0 Å². The van der Waals surface area contributed by atoms with E-state index in [0.29, 0.717) is 26.2 Å². The summed E-state index contributed by atoms with van der Waals surface area (Å²) in [4.78, 5) is 27.0. The van der Waals surface area contributed by atoms with Gasteiger partial charge >= 0.3 is 6.09 Å². The van der Waals surface area contributed by atoms with Crippen LogP contribution in [0.4, 0.5) is 10.6 Å². The number of nitrogens with zero attached hydrogens (tertiary/aromatic N) is 4. The summed E-state index contributed by atoms with van der Waals surface area (Å²) >= 11 is 1.64. The number of rotatable bonds is 2. The van der Waals surface area contributed by atoms with Crippen molar-refractivity contribution in [2.24, 2.45) is 0 Å². The molecular formula is C21H24N4O2S. The van der Waals surface area contributed by atoms with Gasteiger partial charge in [0, 0.05) is 31.6 Å². The van der Waals surface area contributed by atoms with E-state index in [9.17, 15) is 4.79 Å². The molecule has 0 aliphatic carbocycles. The third-order valence-electron chi connectivity index (χ3n) is 4.56. The molecule has 1 saturated heterocycles. The average molecular weight is 397 g/mol. The van der Waals surface area contributed by atoms with Crippen molar-refractivity contribution in [3.8, 4) is 10.7 Å². The first kappa shape index (κ1) is 18.7. The summed E-state index contributed by atoms with van der Waals surface area (Å²) in [5, 5.41) is 3.07. The zero-order valence-electron chi connectivity index (χ0n) is 16.4. The number of fused-ring (bicyclic) bond motifs is 1. The second kappa shape index (κ2) is 7.39. The number of piperazine rings is 1. The van der Waals surface area contributed by atoms with Crippen LogP contribution >= 0.6 is 11.3 Å². The van der Waals surface area contributed by atoms with E-state index < -0.39 is 5.60 Å². The smallest absolute Gasteiger partial charge is 0.410 e. The number of aromatic nitrogens is 2. The first-order valence-corrected chi connectivity index (χ1v) is 10.3. The fraction of sp³-hybridized carbons (Fsp3) is 0.381. The van der Waals surface area contributed by atoms with Crippen LogP contribution in [0.3, 0.4) is 0 Å². The number of thiophene rings is 1. The summed E-state index contributed by atoms with van der Waals surface area (Å²) in [5.41, 5.74) is 0.456. The Morgan fingerprint density at radius 3 is 2.46 bits per heavy atom. The van der Waals surface area contributed by atoms with Crippen LogP contribution in [-0.4, -0.2) is 52.7 Å². The molecule has 146 valence electrons. The van der Waals surface area contributed by atoms with Crippen LogP contribution in [0.25, 0.3) is 21.6 Å². The Kier molecular flexibility index (Phi) is 4.93. The highest BCUT2D eigenvalue weighted by Gasteiger charge is 2.27. The van der Waals surface area contributed by atoms with E-state index in [1.807, 2.05) is 56.5 Å². The van der Waals surface area contributed by atoms with Gasteiger partial charge in [0.15, 0.2) is 5.82 Å². The van der Waals surface area contributed by atoms with Crippen LogP contribution in [0, 0.1) is 0 Å². The predicted molar refractivity (Wildman–Crippen MR) is 113 cm³/mol. The molecule has 0 spiro atoms. The molecule has 2 aromatic heterocycles. The summed E-state index contributed by atoms with van der Waals surface area (Å²) in [6.07, 6.45) is -0.251. The van der Waals surface area contributed by atoms with Gasteiger partial charge in [-0.15, -0.1) is 11.3 Å². The van der Waals surface area contributed by atoms with E-state index in [-0.39, 0.29) is 6.09 Å². The topological polar surface area (TPSA) is 58.6 Å². The number of para-hydroxylation sites is 1. The molecule has 0 radical (unpaired) electrons. The standard InChI is InChI=1S/C21H24N4O2S/c1-21(2,3)27-20(26)25-12-10-24(11-13-25)19-15-7-4-5-8-16(15)22-18(23-19)17-9-6-14-28-17/h4-9,14H,10-13H2,1-3H3. The number of amides is 1. The molecule has 3 aromatic rings. The molecule has 7 heteroatoms. The molecule has 0 unspecified atom stereocenters. The van der Waals surface area contributed by atoms with Gasteiger partial charge in [-0.3, -0.25) is 0 Å². The predicted octanol–water partition coefficient (Wildman–Crippen LogP) is 4.42. The number of hydrogen-bond donors (Lipinski definition) is 0. The van der Waals surface area contributed by atoms with E-state index in [2.05, 4.69) is 11.0 Å². The summed E-state index contributed by atoms with van der Waals surface area (Å²) in [6, 6.07) is 12.1. The van der Waals surface area contributed by atoms with Crippen LogP contribution in [-0.2, 0) is 4.74 Å². The SMILES string of the molecule is CC(C)(C)OC(=O)N1CCN(c2nc(-c3cccs3)nc3ccccc23)CC1. The van der Waals surface area contributed by atoms with E-state index in [1.54, 1.807) is 16.2 Å². The third kappa shape index (κ3) is 3.94. The fourth-order valence-corrected chi connectivity index (χ4v) is 3.90. The number of ether oxygens (including phenoxy) is 1. The van der Waals surface area contributed by atoms with Gasteiger partial charge in [0.05, 0.1) is 10.4 Å². The van der Waals surface area contributed by atoms with Gasteiger partial charge in [0.1, 0.15) is 11.4 Å². The van der Waals surface area contributed by atoms with Gasteiger partial charge in [-0.1, -0.05) is 18.2 Å². The van der Waals surface area contributed by atoms with Gasteiger partial charge in [0.2, 0.25) is 0 Å². The van der Waals surface area contributed by atoms with Crippen molar-refractivity contribution in [3.05, 3.63) is 41.8 Å². The van der Waals surface area contributed by atoms with Crippen molar-refractivity contribution in [2.75, 3.05) is 31.1 Å². The molecule has 6 nitrogen and oxygen atoms in total. The van der Waals surface area contributed by atoms with Gasteiger partial charge in [-0.2, -0.15) is 0 Å². The first-order valence-electron chi connectivity index (χ1n) is 9.44. The van der Waals surface area contributed by atoms with Crippen LogP contribution in [0.1, 0.15) is 20.8 Å². The number of carbonyl (C=O) groups is 1. The lowest BCUT2D eigenvalue weighted by molar-refractivity contribution is 0.0240. The zero-order chi connectivity index (χ0) is 19.7. The average Bonchev–Trinajstić information content (AvgIpc) is 3.21. The Morgan fingerprint density at radius 2 is 1.79 bits per heavy atom. The summed E-state index contributed by atoms with van der Waals surface area (Å²) in [7, 11) is 0. The zero-order valence-corrected chi connectivity index (χ0v) is 17.2. The Morgan fingerprint density at radius 1 is 1.04 bits per heavy atom. The largest absolute Gasteiger partial charge is 0.444 e. The summed E-state index contributed by atoms with van der Waals surface area (Å²) in [5.74, 6) is 1.68. The number of carbonyl (C=O) groups excluding carboxylic acids is 1. The van der Waals surface area contributed by atoms with Crippen LogP contribution in [0.15, 0.2) is 41.8 Å². The van der Waals surface area contributed by atoms with E-state index in [0.717, 1.165) is 27.4 Å². The molecule has 0 bridgehead atoms. The minimum absolute atomic E-state index is 0.251. The Balaban J connectivity index is 1.59. The second-order valence-electron chi connectivity index (χ2n) is 7.82. The lowest BCUT2D eigenvalue weighted by Crippen LogP contribution is -2.50. The third-order valence-corrected chi connectivity index (χ3v) is 5.42. The van der Waals surface area contributed by atoms with E-state index >= 15 is 0 Å². The van der Waals surface area contributed by atoms with Crippen molar-refractivity contribution in [1.29, 1.82) is 0 Å². The fourth-order valence-electron chi connectivity index (χ4n) is 3.24. The van der Waals surface area contributed by atoms with Crippen molar-refractivity contribution >= 4 is 34.2 Å². The van der Waals surface area contributed by atoms with E-state index in [4.69, 9.17) is 14.7 Å². The number of hydrogen-bond acceptors (Lipinski definition) is 6. The Bertz CT molecular complexity index is 974. The molecule has 1 aromatic carbocycles. The number of benzene rings is 1. The molecule has 1 aliphatic rings. The highest BCUT2D eigenvalue weighted by atomic mass is 32.1. The maximum Gasteiger partial charge on any atom is 0.410 e. The molecule has 1 aliphatic heterocycles. The lowest BCUT2D eigenvalue weighted by Gasteiger charge is -2.36.